The smallest absolute Gasteiger partial charge is 0.0589 e. The van der Waals surface area contributed by atoms with Crippen LogP contribution in [-0.4, -0.2) is 44.8 Å². The number of nitrogens with two attached hydrogens (primary N) is 1. The minimum Gasteiger partial charge on any atom is -0.383 e. The summed E-state index contributed by atoms with van der Waals surface area (Å²) in [7, 11) is 1.77. The molecule has 0 fully saturated rings. The molecule has 0 rings (SSSR count). The zero-order chi connectivity index (χ0) is 13.3. The van der Waals surface area contributed by atoms with Gasteiger partial charge >= 0.3 is 0 Å². The van der Waals surface area contributed by atoms with Crippen molar-refractivity contribution < 1.29 is 4.74 Å². The highest BCUT2D eigenvalue weighted by Gasteiger charge is 2.15. The second-order valence-electron chi connectivity index (χ2n) is 5.88. The van der Waals surface area contributed by atoms with E-state index in [1.165, 1.54) is 6.42 Å². The molecule has 0 saturated heterocycles. The molecule has 0 aromatic heterocycles. The Morgan fingerprint density at radius 1 is 1.06 bits per heavy atom. The first-order valence-corrected chi connectivity index (χ1v) is 6.90. The number of rotatable bonds is 10. The van der Waals surface area contributed by atoms with Crippen LogP contribution in [0.25, 0.3) is 0 Å². The largest absolute Gasteiger partial charge is 0.383 e. The fourth-order valence-electron chi connectivity index (χ4n) is 2.27. The molecule has 0 aliphatic carbocycles. The summed E-state index contributed by atoms with van der Waals surface area (Å²) in [5, 5.41) is 0. The minimum absolute atomic E-state index is 0.616. The number of nitrogens with zero attached hydrogens (tertiary/aromatic N) is 1. The topological polar surface area (TPSA) is 38.5 Å². The molecule has 104 valence electrons. The number of hydrogen-bond donors (Lipinski definition) is 1. The van der Waals surface area contributed by atoms with Crippen molar-refractivity contribution in [3.63, 3.8) is 0 Å². The van der Waals surface area contributed by atoms with Gasteiger partial charge in [-0.05, 0) is 30.7 Å². The van der Waals surface area contributed by atoms with E-state index in [9.17, 15) is 0 Å². The molecule has 1 atom stereocenters. The van der Waals surface area contributed by atoms with Crippen LogP contribution in [0.15, 0.2) is 0 Å². The van der Waals surface area contributed by atoms with Gasteiger partial charge in [-0.1, -0.05) is 27.7 Å². The summed E-state index contributed by atoms with van der Waals surface area (Å²) in [4.78, 5) is 2.49. The molecule has 3 nitrogen and oxygen atoms in total. The van der Waals surface area contributed by atoms with Crippen molar-refractivity contribution >= 4 is 0 Å². The van der Waals surface area contributed by atoms with Crippen LogP contribution in [0, 0.1) is 17.8 Å². The fraction of sp³-hybridized carbons (Fsp3) is 1.00. The molecule has 0 saturated carbocycles. The molecule has 0 aromatic rings. The first-order valence-electron chi connectivity index (χ1n) is 6.90. The van der Waals surface area contributed by atoms with E-state index in [-0.39, 0.29) is 0 Å². The highest BCUT2D eigenvalue weighted by molar-refractivity contribution is 4.69. The molecule has 0 bridgehead atoms. The zero-order valence-corrected chi connectivity index (χ0v) is 12.4. The lowest BCUT2D eigenvalue weighted by Crippen LogP contribution is -2.37. The van der Waals surface area contributed by atoms with Crippen molar-refractivity contribution in [1.29, 1.82) is 0 Å². The van der Waals surface area contributed by atoms with Gasteiger partial charge in [0.2, 0.25) is 0 Å². The standard InChI is InChI=1S/C14H32N2O/c1-12(2)8-14(9-15)11-16(6-7-17-5)10-13(3)4/h12-14H,6-11,15H2,1-5H3. The number of ether oxygens (including phenoxy) is 1. The molecular weight excluding hydrogens is 212 g/mol. The molecule has 0 radical (unpaired) electrons. The first-order chi connectivity index (χ1) is 7.99. The lowest BCUT2D eigenvalue weighted by Gasteiger charge is -2.29. The molecule has 0 aliphatic rings. The highest BCUT2D eigenvalue weighted by Crippen LogP contribution is 2.13. The Balaban J connectivity index is 4.16. The quantitative estimate of drug-likeness (QED) is 0.640. The Bertz CT molecular complexity index is 172. The lowest BCUT2D eigenvalue weighted by molar-refractivity contribution is 0.125. The fourth-order valence-corrected chi connectivity index (χ4v) is 2.27. The third-order valence-corrected chi connectivity index (χ3v) is 2.89. The van der Waals surface area contributed by atoms with E-state index in [1.54, 1.807) is 7.11 Å². The monoisotopic (exact) mass is 244 g/mol. The summed E-state index contributed by atoms with van der Waals surface area (Å²) in [5.74, 6) is 2.04. The normalized spacial score (nSPS) is 13.9. The van der Waals surface area contributed by atoms with Crippen LogP contribution in [0.1, 0.15) is 34.1 Å². The summed E-state index contributed by atoms with van der Waals surface area (Å²) in [5.41, 5.74) is 5.87. The second-order valence-corrected chi connectivity index (χ2v) is 5.88. The minimum atomic E-state index is 0.616. The Kier molecular flexibility index (Phi) is 9.79. The second kappa shape index (κ2) is 9.86. The van der Waals surface area contributed by atoms with Crippen molar-refractivity contribution in [2.75, 3.05) is 39.9 Å². The van der Waals surface area contributed by atoms with Gasteiger partial charge in [-0.25, -0.2) is 0 Å². The van der Waals surface area contributed by atoms with E-state index >= 15 is 0 Å². The third-order valence-electron chi connectivity index (χ3n) is 2.89. The van der Waals surface area contributed by atoms with Crippen LogP contribution in [0.2, 0.25) is 0 Å². The summed E-state index contributed by atoms with van der Waals surface area (Å²) in [6.45, 7) is 13.9. The summed E-state index contributed by atoms with van der Waals surface area (Å²) >= 11 is 0. The molecule has 0 aromatic carbocycles. The van der Waals surface area contributed by atoms with Gasteiger partial charge < -0.3 is 15.4 Å². The first kappa shape index (κ1) is 16.9. The van der Waals surface area contributed by atoms with Crippen molar-refractivity contribution in [3.8, 4) is 0 Å². The maximum atomic E-state index is 5.87. The van der Waals surface area contributed by atoms with Gasteiger partial charge in [0.15, 0.2) is 0 Å². The van der Waals surface area contributed by atoms with Gasteiger partial charge in [0.05, 0.1) is 6.61 Å². The molecule has 0 aliphatic heterocycles. The predicted molar refractivity (Wildman–Crippen MR) is 75.2 cm³/mol. The van der Waals surface area contributed by atoms with Crippen molar-refractivity contribution in [3.05, 3.63) is 0 Å². The van der Waals surface area contributed by atoms with Gasteiger partial charge in [-0.3, -0.25) is 0 Å². The van der Waals surface area contributed by atoms with E-state index in [1.807, 2.05) is 0 Å². The Hall–Kier alpha value is -0.120. The Labute approximate surface area is 108 Å². The number of hydrogen-bond acceptors (Lipinski definition) is 3. The van der Waals surface area contributed by atoms with Crippen molar-refractivity contribution in [2.24, 2.45) is 23.5 Å². The van der Waals surface area contributed by atoms with E-state index in [0.29, 0.717) is 11.8 Å². The average molecular weight is 244 g/mol. The van der Waals surface area contributed by atoms with Crippen molar-refractivity contribution in [1.82, 2.24) is 4.90 Å². The molecule has 2 N–H and O–H groups in total. The summed E-state index contributed by atoms with van der Waals surface area (Å²) in [6, 6.07) is 0. The highest BCUT2D eigenvalue weighted by atomic mass is 16.5. The number of methoxy groups -OCH3 is 1. The van der Waals surface area contributed by atoms with E-state index in [0.717, 1.165) is 38.7 Å². The molecule has 1 unspecified atom stereocenters. The maximum absolute atomic E-state index is 5.87. The molecule has 0 spiro atoms. The third kappa shape index (κ3) is 9.57. The van der Waals surface area contributed by atoms with Gasteiger partial charge in [-0.15, -0.1) is 0 Å². The van der Waals surface area contributed by atoms with Crippen LogP contribution in [0.3, 0.4) is 0 Å². The molecule has 0 heterocycles. The van der Waals surface area contributed by atoms with Gasteiger partial charge in [0, 0.05) is 26.7 Å². The van der Waals surface area contributed by atoms with E-state index < -0.39 is 0 Å². The Morgan fingerprint density at radius 3 is 2.12 bits per heavy atom. The summed E-state index contributed by atoms with van der Waals surface area (Å²) in [6.07, 6.45) is 1.22. The van der Waals surface area contributed by atoms with Gasteiger partial charge in [-0.2, -0.15) is 0 Å². The van der Waals surface area contributed by atoms with Crippen LogP contribution >= 0.6 is 0 Å². The lowest BCUT2D eigenvalue weighted by atomic mass is 9.96. The van der Waals surface area contributed by atoms with Crippen LogP contribution in [-0.2, 0) is 4.74 Å². The Morgan fingerprint density at radius 2 is 1.71 bits per heavy atom. The average Bonchev–Trinajstić information content (AvgIpc) is 2.23. The predicted octanol–water partition coefficient (Wildman–Crippen LogP) is 2.21. The van der Waals surface area contributed by atoms with Crippen LogP contribution in [0.4, 0.5) is 0 Å². The SMILES string of the molecule is COCCN(CC(C)C)CC(CN)CC(C)C. The zero-order valence-electron chi connectivity index (χ0n) is 12.4. The van der Waals surface area contributed by atoms with Crippen molar-refractivity contribution in [2.45, 2.75) is 34.1 Å². The molecule has 3 heteroatoms. The van der Waals surface area contributed by atoms with Crippen LogP contribution < -0.4 is 5.73 Å². The summed E-state index contributed by atoms with van der Waals surface area (Å²) < 4.78 is 5.18. The maximum Gasteiger partial charge on any atom is 0.0589 e. The van der Waals surface area contributed by atoms with E-state index in [4.69, 9.17) is 10.5 Å². The van der Waals surface area contributed by atoms with Crippen LogP contribution in [0.5, 0.6) is 0 Å². The van der Waals surface area contributed by atoms with Gasteiger partial charge in [0.25, 0.3) is 0 Å². The van der Waals surface area contributed by atoms with Gasteiger partial charge in [0.1, 0.15) is 0 Å². The molecule has 0 amide bonds. The molecular formula is C14H32N2O. The molecule has 17 heavy (non-hydrogen) atoms. The van der Waals surface area contributed by atoms with E-state index in [2.05, 4.69) is 32.6 Å².